The number of aryl methyl sites for hydroxylation is 1. The van der Waals surface area contributed by atoms with Crippen molar-refractivity contribution in [1.29, 1.82) is 0 Å². The van der Waals surface area contributed by atoms with Crippen molar-refractivity contribution in [3.8, 4) is 0 Å². The third kappa shape index (κ3) is 3.78. The molecule has 0 unspecified atom stereocenters. The first-order valence-electron chi connectivity index (χ1n) is 8.34. The molecule has 0 saturated carbocycles. The van der Waals surface area contributed by atoms with Gasteiger partial charge in [-0.1, -0.05) is 6.07 Å². The van der Waals surface area contributed by atoms with Crippen molar-refractivity contribution < 1.29 is 4.79 Å². The number of anilines is 1. The molecule has 134 valence electrons. The van der Waals surface area contributed by atoms with Crippen molar-refractivity contribution in [3.05, 3.63) is 64.3 Å². The molecule has 2 heterocycles. The number of fused-ring (bicyclic) bond motifs is 1. The number of benzene rings is 1. The van der Waals surface area contributed by atoms with Crippen molar-refractivity contribution in [2.75, 3.05) is 32.1 Å². The highest BCUT2D eigenvalue weighted by Crippen LogP contribution is 2.17. The number of amides is 1. The SMILES string of the molecule is Cc1nc2cc(C(=O)N(CCN(C)C)c3ccccn3)ccc2c(=O)[nH]1. The van der Waals surface area contributed by atoms with Crippen molar-refractivity contribution in [3.63, 3.8) is 0 Å². The second-order valence-corrected chi connectivity index (χ2v) is 6.33. The van der Waals surface area contributed by atoms with Crippen LogP contribution >= 0.6 is 0 Å². The largest absolute Gasteiger partial charge is 0.310 e. The van der Waals surface area contributed by atoms with E-state index in [4.69, 9.17) is 0 Å². The average Bonchev–Trinajstić information content (AvgIpc) is 2.61. The number of carbonyl (C=O) groups is 1. The van der Waals surface area contributed by atoms with Gasteiger partial charge in [-0.2, -0.15) is 0 Å². The number of hydrogen-bond acceptors (Lipinski definition) is 5. The summed E-state index contributed by atoms with van der Waals surface area (Å²) in [5, 5.41) is 0.463. The minimum atomic E-state index is -0.208. The fraction of sp³-hybridized carbons (Fsp3) is 0.263. The van der Waals surface area contributed by atoms with Crippen LogP contribution in [0.4, 0.5) is 5.82 Å². The van der Waals surface area contributed by atoms with E-state index in [9.17, 15) is 9.59 Å². The standard InChI is InChI=1S/C19H21N5O2/c1-13-21-16-12-14(7-8-15(16)18(25)22-13)19(26)24(11-10-23(2)3)17-6-4-5-9-20-17/h4-9,12H,10-11H2,1-3H3,(H,21,22,25). The van der Waals surface area contributed by atoms with Gasteiger partial charge < -0.3 is 9.88 Å². The lowest BCUT2D eigenvalue weighted by Gasteiger charge is -2.23. The first-order chi connectivity index (χ1) is 12.5. The molecule has 0 spiro atoms. The number of aromatic nitrogens is 3. The Morgan fingerprint density at radius 2 is 1.96 bits per heavy atom. The number of pyridine rings is 1. The zero-order valence-corrected chi connectivity index (χ0v) is 15.1. The quantitative estimate of drug-likeness (QED) is 0.758. The Kier molecular flexibility index (Phi) is 5.09. The molecule has 1 amide bonds. The van der Waals surface area contributed by atoms with E-state index in [0.29, 0.717) is 41.2 Å². The van der Waals surface area contributed by atoms with Crippen LogP contribution in [0.1, 0.15) is 16.2 Å². The van der Waals surface area contributed by atoms with Gasteiger partial charge in [0.1, 0.15) is 11.6 Å². The first-order valence-corrected chi connectivity index (χ1v) is 8.34. The van der Waals surface area contributed by atoms with E-state index in [-0.39, 0.29) is 11.5 Å². The minimum Gasteiger partial charge on any atom is -0.310 e. The summed E-state index contributed by atoms with van der Waals surface area (Å²) in [6, 6.07) is 10.4. The fourth-order valence-electron chi connectivity index (χ4n) is 2.68. The molecule has 1 aromatic carbocycles. The highest BCUT2D eigenvalue weighted by Gasteiger charge is 2.19. The summed E-state index contributed by atoms with van der Waals surface area (Å²) >= 11 is 0. The van der Waals surface area contributed by atoms with Crippen molar-refractivity contribution in [2.24, 2.45) is 0 Å². The van der Waals surface area contributed by atoms with Crippen LogP contribution in [-0.2, 0) is 0 Å². The first kappa shape index (κ1) is 17.8. The number of nitrogens with zero attached hydrogens (tertiary/aromatic N) is 4. The third-order valence-corrected chi connectivity index (χ3v) is 4.01. The lowest BCUT2D eigenvalue weighted by atomic mass is 10.1. The molecule has 0 aliphatic carbocycles. The second-order valence-electron chi connectivity index (χ2n) is 6.33. The lowest BCUT2D eigenvalue weighted by Crippen LogP contribution is -2.37. The number of hydrogen-bond donors (Lipinski definition) is 1. The summed E-state index contributed by atoms with van der Waals surface area (Å²) in [5.74, 6) is 0.933. The Labute approximate surface area is 151 Å². The molecule has 0 radical (unpaired) electrons. The third-order valence-electron chi connectivity index (χ3n) is 4.01. The zero-order chi connectivity index (χ0) is 18.7. The maximum atomic E-state index is 13.1. The Morgan fingerprint density at radius 3 is 2.65 bits per heavy atom. The van der Waals surface area contributed by atoms with Gasteiger partial charge in [-0.25, -0.2) is 9.97 Å². The van der Waals surface area contributed by atoms with E-state index in [1.54, 1.807) is 36.2 Å². The number of nitrogens with one attached hydrogen (secondary N) is 1. The van der Waals surface area contributed by atoms with Gasteiger partial charge in [0, 0.05) is 24.8 Å². The Morgan fingerprint density at radius 1 is 1.15 bits per heavy atom. The van der Waals surface area contributed by atoms with Crippen molar-refractivity contribution in [1.82, 2.24) is 19.9 Å². The maximum absolute atomic E-state index is 13.1. The summed E-state index contributed by atoms with van der Waals surface area (Å²) in [7, 11) is 3.91. The molecule has 2 aromatic heterocycles. The molecule has 0 bridgehead atoms. The predicted molar refractivity (Wildman–Crippen MR) is 102 cm³/mol. The van der Waals surface area contributed by atoms with Crippen LogP contribution in [0.5, 0.6) is 0 Å². The zero-order valence-electron chi connectivity index (χ0n) is 15.1. The van der Waals surface area contributed by atoms with Crippen LogP contribution in [0.3, 0.4) is 0 Å². The highest BCUT2D eigenvalue weighted by molar-refractivity contribution is 6.07. The molecular weight excluding hydrogens is 330 g/mol. The molecule has 0 aliphatic heterocycles. The molecule has 7 nitrogen and oxygen atoms in total. The van der Waals surface area contributed by atoms with E-state index in [1.807, 2.05) is 37.2 Å². The van der Waals surface area contributed by atoms with Gasteiger partial charge in [-0.05, 0) is 51.4 Å². The molecule has 0 atom stereocenters. The number of rotatable bonds is 5. The monoisotopic (exact) mass is 351 g/mol. The molecule has 26 heavy (non-hydrogen) atoms. The Balaban J connectivity index is 2.00. The van der Waals surface area contributed by atoms with Gasteiger partial charge in [0.2, 0.25) is 0 Å². The molecule has 0 fully saturated rings. The normalized spacial score (nSPS) is 11.1. The highest BCUT2D eigenvalue weighted by atomic mass is 16.2. The lowest BCUT2D eigenvalue weighted by molar-refractivity contribution is 0.0984. The van der Waals surface area contributed by atoms with Crippen LogP contribution in [-0.4, -0.2) is 52.9 Å². The van der Waals surface area contributed by atoms with Gasteiger partial charge in [0.05, 0.1) is 10.9 Å². The van der Waals surface area contributed by atoms with Gasteiger partial charge >= 0.3 is 0 Å². The van der Waals surface area contributed by atoms with Crippen LogP contribution < -0.4 is 10.5 Å². The molecule has 7 heteroatoms. The Bertz CT molecular complexity index is 982. The van der Waals surface area contributed by atoms with E-state index in [2.05, 4.69) is 15.0 Å². The fourth-order valence-corrected chi connectivity index (χ4v) is 2.68. The topological polar surface area (TPSA) is 82.2 Å². The molecule has 1 N–H and O–H groups in total. The molecule has 0 saturated heterocycles. The maximum Gasteiger partial charge on any atom is 0.259 e. The van der Waals surface area contributed by atoms with Crippen LogP contribution in [0.2, 0.25) is 0 Å². The van der Waals surface area contributed by atoms with Crippen LogP contribution in [0.25, 0.3) is 10.9 Å². The van der Waals surface area contributed by atoms with Gasteiger partial charge in [0.15, 0.2) is 0 Å². The van der Waals surface area contributed by atoms with Gasteiger partial charge in [0.25, 0.3) is 11.5 Å². The van der Waals surface area contributed by atoms with Crippen molar-refractivity contribution >= 4 is 22.6 Å². The summed E-state index contributed by atoms with van der Waals surface area (Å²) in [6.45, 7) is 2.92. The van der Waals surface area contributed by atoms with E-state index in [0.717, 1.165) is 0 Å². The number of H-pyrrole nitrogens is 1. The minimum absolute atomic E-state index is 0.174. The number of aromatic amines is 1. The van der Waals surface area contributed by atoms with Crippen molar-refractivity contribution in [2.45, 2.75) is 6.92 Å². The predicted octanol–water partition coefficient (Wildman–Crippen LogP) is 1.83. The van der Waals surface area contributed by atoms with Crippen LogP contribution in [0.15, 0.2) is 47.4 Å². The molecule has 3 aromatic rings. The smallest absolute Gasteiger partial charge is 0.259 e. The summed E-state index contributed by atoms with van der Waals surface area (Å²) < 4.78 is 0. The van der Waals surface area contributed by atoms with Crippen LogP contribution in [0, 0.1) is 6.92 Å². The van der Waals surface area contributed by atoms with Gasteiger partial charge in [-0.15, -0.1) is 0 Å². The average molecular weight is 351 g/mol. The summed E-state index contributed by atoms with van der Waals surface area (Å²) in [5.41, 5.74) is 0.769. The van der Waals surface area contributed by atoms with Gasteiger partial charge in [-0.3, -0.25) is 14.5 Å². The molecular formula is C19H21N5O2. The Hall–Kier alpha value is -3.06. The summed E-state index contributed by atoms with van der Waals surface area (Å²) in [6.07, 6.45) is 1.66. The summed E-state index contributed by atoms with van der Waals surface area (Å²) in [4.78, 5) is 40.1. The molecule has 3 rings (SSSR count). The number of likely N-dealkylation sites (N-methyl/N-ethyl adjacent to an activating group) is 1. The second kappa shape index (κ2) is 7.45. The van der Waals surface area contributed by atoms with E-state index < -0.39 is 0 Å². The number of carbonyl (C=O) groups excluding carboxylic acids is 1. The van der Waals surface area contributed by atoms with E-state index in [1.165, 1.54) is 0 Å². The van der Waals surface area contributed by atoms with E-state index >= 15 is 0 Å². The molecule has 0 aliphatic rings.